The van der Waals surface area contributed by atoms with Crippen LogP contribution in [-0.2, 0) is 5.75 Å². The molecule has 1 unspecified atom stereocenters. The van der Waals surface area contributed by atoms with Gasteiger partial charge in [0.2, 0.25) is 0 Å². The van der Waals surface area contributed by atoms with Gasteiger partial charge < -0.3 is 5.11 Å². The minimum absolute atomic E-state index is 0.122. The van der Waals surface area contributed by atoms with Crippen LogP contribution in [0.25, 0.3) is 0 Å². The Morgan fingerprint density at radius 3 is 3.00 bits per heavy atom. The van der Waals surface area contributed by atoms with Gasteiger partial charge in [-0.2, -0.15) is 11.8 Å². The number of pyridine rings is 1. The third kappa shape index (κ3) is 3.91. The zero-order valence-corrected chi connectivity index (χ0v) is 9.75. The van der Waals surface area contributed by atoms with Crippen LogP contribution in [0.5, 0.6) is 0 Å². The summed E-state index contributed by atoms with van der Waals surface area (Å²) in [6, 6.07) is 3.50. The second-order valence-corrected chi connectivity index (χ2v) is 4.81. The smallest absolute Gasteiger partial charge is 0.354 e. The van der Waals surface area contributed by atoms with Crippen LogP contribution in [0, 0.1) is 0 Å². The highest BCUT2D eigenvalue weighted by molar-refractivity contribution is 7.99. The molecule has 3 nitrogen and oxygen atoms in total. The quantitative estimate of drug-likeness (QED) is 0.837. The number of hydrogen-bond acceptors (Lipinski definition) is 3. The molecule has 4 heteroatoms. The lowest BCUT2D eigenvalue weighted by Gasteiger charge is -2.07. The van der Waals surface area contributed by atoms with E-state index in [4.69, 9.17) is 5.11 Å². The first-order valence-electron chi connectivity index (χ1n) is 4.93. The summed E-state index contributed by atoms with van der Waals surface area (Å²) in [7, 11) is 0. The van der Waals surface area contributed by atoms with Crippen LogP contribution in [0.2, 0.25) is 0 Å². The van der Waals surface area contributed by atoms with Gasteiger partial charge in [-0.15, -0.1) is 0 Å². The number of carboxylic acids is 1. The maximum absolute atomic E-state index is 10.7. The summed E-state index contributed by atoms with van der Waals surface area (Å²) in [5.41, 5.74) is 1.14. The SMILES string of the molecule is CCC(C)SCc1ccnc(C(=O)O)c1. The lowest BCUT2D eigenvalue weighted by Crippen LogP contribution is -2.01. The van der Waals surface area contributed by atoms with Crippen LogP contribution < -0.4 is 0 Å². The molecule has 1 N–H and O–H groups in total. The van der Waals surface area contributed by atoms with Crippen molar-refractivity contribution in [3.8, 4) is 0 Å². The Balaban J connectivity index is 2.62. The molecule has 82 valence electrons. The molecule has 1 aromatic rings. The summed E-state index contributed by atoms with van der Waals surface area (Å²) in [4.78, 5) is 14.5. The Kier molecular flexibility index (Phi) is 4.62. The molecule has 0 aliphatic rings. The summed E-state index contributed by atoms with van der Waals surface area (Å²) < 4.78 is 0. The molecule has 0 amide bonds. The molecule has 0 saturated carbocycles. The van der Waals surface area contributed by atoms with Gasteiger partial charge in [0.1, 0.15) is 5.69 Å². The molecule has 1 atom stereocenters. The molecule has 0 saturated heterocycles. The van der Waals surface area contributed by atoms with Crippen molar-refractivity contribution in [3.63, 3.8) is 0 Å². The van der Waals surface area contributed by atoms with Crippen molar-refractivity contribution in [2.45, 2.75) is 31.3 Å². The van der Waals surface area contributed by atoms with Crippen molar-refractivity contribution >= 4 is 17.7 Å². The number of hydrogen-bond donors (Lipinski definition) is 1. The highest BCUT2D eigenvalue weighted by Gasteiger charge is 2.06. The summed E-state index contributed by atoms with van der Waals surface area (Å²) in [6.45, 7) is 4.32. The summed E-state index contributed by atoms with van der Waals surface area (Å²) >= 11 is 1.83. The lowest BCUT2D eigenvalue weighted by atomic mass is 10.2. The second kappa shape index (κ2) is 5.75. The summed E-state index contributed by atoms with van der Waals surface area (Å²) in [6.07, 6.45) is 2.68. The number of carboxylic acid groups (broad SMARTS) is 1. The molecular weight excluding hydrogens is 210 g/mol. The van der Waals surface area contributed by atoms with E-state index in [9.17, 15) is 4.79 Å². The predicted octanol–water partition coefficient (Wildman–Crippen LogP) is 2.81. The summed E-state index contributed by atoms with van der Waals surface area (Å²) in [5.74, 6) is -0.122. The van der Waals surface area contributed by atoms with Crippen molar-refractivity contribution in [2.75, 3.05) is 0 Å². The first kappa shape index (κ1) is 12.0. The summed E-state index contributed by atoms with van der Waals surface area (Å²) in [5, 5.41) is 9.37. The monoisotopic (exact) mass is 225 g/mol. The Morgan fingerprint density at radius 2 is 2.40 bits per heavy atom. The molecule has 1 aromatic heterocycles. The molecule has 0 aliphatic carbocycles. The van der Waals surface area contributed by atoms with Crippen LogP contribution in [0.15, 0.2) is 18.3 Å². The zero-order chi connectivity index (χ0) is 11.3. The van der Waals surface area contributed by atoms with E-state index >= 15 is 0 Å². The van der Waals surface area contributed by atoms with Crippen molar-refractivity contribution in [1.29, 1.82) is 0 Å². The lowest BCUT2D eigenvalue weighted by molar-refractivity contribution is 0.0690. The second-order valence-electron chi connectivity index (χ2n) is 3.38. The van der Waals surface area contributed by atoms with Crippen LogP contribution in [0.3, 0.4) is 0 Å². The van der Waals surface area contributed by atoms with Crippen molar-refractivity contribution in [1.82, 2.24) is 4.98 Å². The molecular formula is C11H15NO2S. The first-order chi connectivity index (χ1) is 7.13. The van der Waals surface area contributed by atoms with Crippen molar-refractivity contribution in [2.24, 2.45) is 0 Å². The van der Waals surface area contributed by atoms with Crippen LogP contribution in [0.4, 0.5) is 0 Å². The van der Waals surface area contributed by atoms with Gasteiger partial charge >= 0.3 is 5.97 Å². The van der Waals surface area contributed by atoms with E-state index < -0.39 is 5.97 Å². The van der Waals surface area contributed by atoms with Gasteiger partial charge in [-0.1, -0.05) is 13.8 Å². The number of aromatic nitrogens is 1. The number of nitrogens with zero attached hydrogens (tertiary/aromatic N) is 1. The van der Waals surface area contributed by atoms with E-state index in [2.05, 4.69) is 18.8 Å². The first-order valence-corrected chi connectivity index (χ1v) is 5.98. The van der Waals surface area contributed by atoms with Crippen molar-refractivity contribution < 1.29 is 9.90 Å². The maximum atomic E-state index is 10.7. The number of aromatic carboxylic acids is 1. The average Bonchev–Trinajstić information content (AvgIpc) is 2.26. The minimum Gasteiger partial charge on any atom is -0.477 e. The third-order valence-corrected chi connectivity index (χ3v) is 3.56. The molecule has 0 radical (unpaired) electrons. The highest BCUT2D eigenvalue weighted by Crippen LogP contribution is 2.19. The Bertz CT molecular complexity index is 341. The number of thioether (sulfide) groups is 1. The largest absolute Gasteiger partial charge is 0.477 e. The average molecular weight is 225 g/mol. The zero-order valence-electron chi connectivity index (χ0n) is 8.93. The number of rotatable bonds is 5. The predicted molar refractivity (Wildman–Crippen MR) is 62.2 cm³/mol. The molecule has 1 heterocycles. The third-order valence-electron chi connectivity index (χ3n) is 2.15. The highest BCUT2D eigenvalue weighted by atomic mass is 32.2. The van der Waals surface area contributed by atoms with Gasteiger partial charge in [0.15, 0.2) is 0 Å². The molecule has 1 rings (SSSR count). The molecule has 0 bridgehead atoms. The van der Waals surface area contributed by atoms with Crippen LogP contribution in [-0.4, -0.2) is 21.3 Å². The minimum atomic E-state index is -0.967. The van der Waals surface area contributed by atoms with Crippen LogP contribution in [0.1, 0.15) is 36.3 Å². The van der Waals surface area contributed by atoms with Gasteiger partial charge in [-0.05, 0) is 24.1 Å². The van der Waals surface area contributed by atoms with E-state index in [1.807, 2.05) is 17.8 Å². The molecule has 15 heavy (non-hydrogen) atoms. The fourth-order valence-corrected chi connectivity index (χ4v) is 1.93. The van der Waals surface area contributed by atoms with Gasteiger partial charge in [-0.25, -0.2) is 9.78 Å². The normalized spacial score (nSPS) is 12.4. The van der Waals surface area contributed by atoms with Gasteiger partial charge in [0.05, 0.1) is 0 Å². The van der Waals surface area contributed by atoms with E-state index in [1.54, 1.807) is 12.3 Å². The van der Waals surface area contributed by atoms with Crippen molar-refractivity contribution in [3.05, 3.63) is 29.6 Å². The Labute approximate surface area is 93.9 Å². The van der Waals surface area contributed by atoms with E-state index in [1.165, 1.54) is 0 Å². The molecule has 0 aromatic carbocycles. The van der Waals surface area contributed by atoms with Gasteiger partial charge in [0.25, 0.3) is 0 Å². The Morgan fingerprint density at radius 1 is 1.67 bits per heavy atom. The maximum Gasteiger partial charge on any atom is 0.354 e. The molecule has 0 fully saturated rings. The van der Waals surface area contributed by atoms with Gasteiger partial charge in [0, 0.05) is 17.2 Å². The molecule has 0 spiro atoms. The fourth-order valence-electron chi connectivity index (χ4n) is 1.04. The topological polar surface area (TPSA) is 50.2 Å². The fraction of sp³-hybridized carbons (Fsp3) is 0.455. The Hall–Kier alpha value is -1.03. The van der Waals surface area contributed by atoms with E-state index in [0.717, 1.165) is 17.7 Å². The number of carbonyl (C=O) groups is 1. The standard InChI is InChI=1S/C11H15NO2S/c1-3-8(2)15-7-9-4-5-12-10(6-9)11(13)14/h4-6,8H,3,7H2,1-2H3,(H,13,14). The molecule has 0 aliphatic heterocycles. The van der Waals surface area contributed by atoms with Gasteiger partial charge in [-0.3, -0.25) is 0 Å². The van der Waals surface area contributed by atoms with E-state index in [0.29, 0.717) is 5.25 Å². The van der Waals surface area contributed by atoms with Crippen LogP contribution >= 0.6 is 11.8 Å². The van der Waals surface area contributed by atoms with E-state index in [-0.39, 0.29) is 5.69 Å².